The Bertz CT molecular complexity index is 974. The van der Waals surface area contributed by atoms with Crippen LogP contribution in [0.2, 0.25) is 0 Å². The zero-order valence-electron chi connectivity index (χ0n) is 16.8. The molecule has 3 aromatic rings. The molecule has 30 heavy (non-hydrogen) atoms. The number of esters is 1. The first-order valence-corrected chi connectivity index (χ1v) is 10.4. The maximum atomic E-state index is 12.5. The van der Waals surface area contributed by atoms with E-state index < -0.39 is 5.97 Å². The molecular formula is C22H23N3O4S. The molecule has 0 spiro atoms. The molecule has 1 unspecified atom stereocenters. The SMILES string of the molecule is CCOc1ccc(Nc2ncccc2C(=O)OCC(=O)NC(C)c2cccs2)cc1. The molecule has 0 aliphatic rings. The Kier molecular flexibility index (Phi) is 7.40. The van der Waals surface area contributed by atoms with Gasteiger partial charge in [-0.3, -0.25) is 4.79 Å². The summed E-state index contributed by atoms with van der Waals surface area (Å²) in [4.78, 5) is 29.9. The third-order valence-electron chi connectivity index (χ3n) is 4.14. The number of nitrogens with zero attached hydrogens (tertiary/aromatic N) is 1. The van der Waals surface area contributed by atoms with Crippen molar-refractivity contribution in [2.75, 3.05) is 18.5 Å². The summed E-state index contributed by atoms with van der Waals surface area (Å²) in [7, 11) is 0. The molecule has 0 bridgehead atoms. The fraction of sp³-hybridized carbons (Fsp3) is 0.227. The third-order valence-corrected chi connectivity index (χ3v) is 5.19. The lowest BCUT2D eigenvalue weighted by Crippen LogP contribution is -2.30. The fourth-order valence-corrected chi connectivity index (χ4v) is 3.44. The number of amides is 1. The zero-order valence-corrected chi connectivity index (χ0v) is 17.6. The van der Waals surface area contributed by atoms with Crippen LogP contribution in [0.1, 0.15) is 35.1 Å². The average molecular weight is 426 g/mol. The maximum Gasteiger partial charge on any atom is 0.342 e. The average Bonchev–Trinajstić information content (AvgIpc) is 3.29. The van der Waals surface area contributed by atoms with Crippen molar-refractivity contribution in [2.45, 2.75) is 19.9 Å². The number of nitrogens with one attached hydrogen (secondary N) is 2. The summed E-state index contributed by atoms with van der Waals surface area (Å²) in [6.07, 6.45) is 1.57. The van der Waals surface area contributed by atoms with Crippen LogP contribution < -0.4 is 15.4 Å². The Labute approximate surface area is 179 Å². The Morgan fingerprint density at radius 3 is 2.63 bits per heavy atom. The van der Waals surface area contributed by atoms with E-state index >= 15 is 0 Å². The molecule has 2 aromatic heterocycles. The lowest BCUT2D eigenvalue weighted by atomic mass is 10.2. The smallest absolute Gasteiger partial charge is 0.342 e. The first kappa shape index (κ1) is 21.3. The van der Waals surface area contributed by atoms with Gasteiger partial charge in [0, 0.05) is 16.8 Å². The summed E-state index contributed by atoms with van der Waals surface area (Å²) >= 11 is 1.55. The van der Waals surface area contributed by atoms with E-state index in [0.717, 1.165) is 16.3 Å². The normalized spacial score (nSPS) is 11.4. The number of anilines is 2. The highest BCUT2D eigenvalue weighted by Gasteiger charge is 2.17. The van der Waals surface area contributed by atoms with Crippen molar-refractivity contribution < 1.29 is 19.1 Å². The van der Waals surface area contributed by atoms with Crippen LogP contribution in [0, 0.1) is 0 Å². The second-order valence-electron chi connectivity index (χ2n) is 6.36. The van der Waals surface area contributed by atoms with Crippen LogP contribution in [0.25, 0.3) is 0 Å². The molecule has 1 aromatic carbocycles. The molecule has 0 saturated heterocycles. The van der Waals surface area contributed by atoms with E-state index in [9.17, 15) is 9.59 Å². The highest BCUT2D eigenvalue weighted by atomic mass is 32.1. The molecule has 1 amide bonds. The summed E-state index contributed by atoms with van der Waals surface area (Å²) in [6.45, 7) is 4.02. The molecule has 1 atom stereocenters. The van der Waals surface area contributed by atoms with E-state index in [-0.39, 0.29) is 24.1 Å². The van der Waals surface area contributed by atoms with Crippen LogP contribution >= 0.6 is 11.3 Å². The number of thiophene rings is 1. The van der Waals surface area contributed by atoms with Gasteiger partial charge in [0.05, 0.1) is 12.6 Å². The zero-order chi connectivity index (χ0) is 21.3. The minimum absolute atomic E-state index is 0.147. The van der Waals surface area contributed by atoms with Crippen molar-refractivity contribution in [3.8, 4) is 5.75 Å². The topological polar surface area (TPSA) is 89.6 Å². The second kappa shape index (κ2) is 10.4. The molecule has 7 nitrogen and oxygen atoms in total. The van der Waals surface area contributed by atoms with Crippen molar-refractivity contribution in [3.05, 3.63) is 70.5 Å². The molecule has 3 rings (SSSR count). The van der Waals surface area contributed by atoms with Crippen molar-refractivity contribution in [1.29, 1.82) is 0 Å². The van der Waals surface area contributed by atoms with Gasteiger partial charge in [-0.15, -0.1) is 11.3 Å². The van der Waals surface area contributed by atoms with E-state index in [4.69, 9.17) is 9.47 Å². The molecule has 156 valence electrons. The fourth-order valence-electron chi connectivity index (χ4n) is 2.71. The molecule has 8 heteroatoms. The summed E-state index contributed by atoms with van der Waals surface area (Å²) in [5, 5.41) is 7.85. The maximum absolute atomic E-state index is 12.5. The van der Waals surface area contributed by atoms with E-state index in [1.54, 1.807) is 29.7 Å². The number of aromatic nitrogens is 1. The van der Waals surface area contributed by atoms with Gasteiger partial charge >= 0.3 is 5.97 Å². The molecule has 0 aliphatic heterocycles. The summed E-state index contributed by atoms with van der Waals surface area (Å²) in [6, 6.07) is 14.3. The standard InChI is InChI=1S/C22H23N3O4S/c1-3-28-17-10-8-16(9-11-17)25-21-18(6-4-12-23-21)22(27)29-14-20(26)24-15(2)19-7-5-13-30-19/h4-13,15H,3,14H2,1-2H3,(H,23,25)(H,24,26). The van der Waals surface area contributed by atoms with Crippen molar-refractivity contribution in [1.82, 2.24) is 10.3 Å². The lowest BCUT2D eigenvalue weighted by molar-refractivity contribution is -0.124. The molecule has 0 fully saturated rings. The number of hydrogen-bond acceptors (Lipinski definition) is 7. The number of carbonyl (C=O) groups excluding carboxylic acids is 2. The van der Waals surface area contributed by atoms with Crippen molar-refractivity contribution >= 4 is 34.7 Å². The largest absolute Gasteiger partial charge is 0.494 e. The van der Waals surface area contributed by atoms with Gasteiger partial charge in [-0.1, -0.05) is 6.07 Å². The highest BCUT2D eigenvalue weighted by molar-refractivity contribution is 7.10. The highest BCUT2D eigenvalue weighted by Crippen LogP contribution is 2.22. The first-order valence-electron chi connectivity index (χ1n) is 9.51. The number of hydrogen-bond donors (Lipinski definition) is 2. The number of carbonyl (C=O) groups is 2. The molecular weight excluding hydrogens is 402 g/mol. The van der Waals surface area contributed by atoms with Crippen LogP contribution in [0.4, 0.5) is 11.5 Å². The quantitative estimate of drug-likeness (QED) is 0.496. The minimum atomic E-state index is -0.629. The molecule has 0 radical (unpaired) electrons. The van der Waals surface area contributed by atoms with Crippen LogP contribution in [-0.4, -0.2) is 30.1 Å². The molecule has 2 heterocycles. The number of pyridine rings is 1. The van der Waals surface area contributed by atoms with Crippen LogP contribution in [0.3, 0.4) is 0 Å². The second-order valence-corrected chi connectivity index (χ2v) is 7.34. The predicted octanol–water partition coefficient (Wildman–Crippen LogP) is 4.32. The monoisotopic (exact) mass is 425 g/mol. The van der Waals surface area contributed by atoms with Crippen LogP contribution in [0.5, 0.6) is 5.75 Å². The van der Waals surface area contributed by atoms with Gasteiger partial charge in [-0.05, 0) is 61.7 Å². The lowest BCUT2D eigenvalue weighted by Gasteiger charge is -2.13. The Hall–Kier alpha value is -3.39. The van der Waals surface area contributed by atoms with Gasteiger partial charge in [0.2, 0.25) is 0 Å². The van der Waals surface area contributed by atoms with Crippen LogP contribution in [-0.2, 0) is 9.53 Å². The van der Waals surface area contributed by atoms with Gasteiger partial charge in [0.25, 0.3) is 5.91 Å². The van der Waals surface area contributed by atoms with E-state index in [0.29, 0.717) is 12.4 Å². The van der Waals surface area contributed by atoms with E-state index in [1.807, 2.05) is 55.6 Å². The van der Waals surface area contributed by atoms with Gasteiger partial charge in [0.1, 0.15) is 17.1 Å². The van der Waals surface area contributed by atoms with Gasteiger partial charge in [-0.2, -0.15) is 0 Å². The Morgan fingerprint density at radius 2 is 1.93 bits per heavy atom. The summed E-state index contributed by atoms with van der Waals surface area (Å²) in [5.41, 5.74) is 0.985. The van der Waals surface area contributed by atoms with E-state index in [2.05, 4.69) is 15.6 Å². The van der Waals surface area contributed by atoms with Crippen LogP contribution in [0.15, 0.2) is 60.1 Å². The van der Waals surface area contributed by atoms with Gasteiger partial charge < -0.3 is 20.1 Å². The summed E-state index contributed by atoms with van der Waals surface area (Å²) in [5.74, 6) is 0.107. The van der Waals surface area contributed by atoms with Crippen molar-refractivity contribution in [3.63, 3.8) is 0 Å². The minimum Gasteiger partial charge on any atom is -0.494 e. The van der Waals surface area contributed by atoms with Crippen molar-refractivity contribution in [2.24, 2.45) is 0 Å². The third kappa shape index (κ3) is 5.81. The summed E-state index contributed by atoms with van der Waals surface area (Å²) < 4.78 is 10.6. The predicted molar refractivity (Wildman–Crippen MR) is 116 cm³/mol. The van der Waals surface area contributed by atoms with Gasteiger partial charge in [0.15, 0.2) is 6.61 Å². The molecule has 0 aliphatic carbocycles. The number of ether oxygens (including phenoxy) is 2. The number of rotatable bonds is 9. The number of benzene rings is 1. The van der Waals surface area contributed by atoms with Gasteiger partial charge in [-0.25, -0.2) is 9.78 Å². The first-order chi connectivity index (χ1) is 14.6. The van der Waals surface area contributed by atoms with E-state index in [1.165, 1.54) is 0 Å². The Morgan fingerprint density at radius 1 is 1.13 bits per heavy atom. The molecule has 2 N–H and O–H groups in total. The molecule has 0 saturated carbocycles. The Balaban J connectivity index is 1.59.